The smallest absolute Gasteiger partial charge is 0.257 e. The molecule has 0 radical (unpaired) electrons. The number of nitrogens with one attached hydrogen (secondary N) is 2. The van der Waals surface area contributed by atoms with Gasteiger partial charge in [0.2, 0.25) is 0 Å². The number of aromatic nitrogens is 1. The maximum absolute atomic E-state index is 13.1. The van der Waals surface area contributed by atoms with Crippen molar-refractivity contribution in [3.8, 4) is 5.75 Å². The van der Waals surface area contributed by atoms with Crippen LogP contribution in [0.25, 0.3) is 0 Å². The molecule has 1 aromatic carbocycles. The predicted molar refractivity (Wildman–Crippen MR) is 79.3 cm³/mol. The van der Waals surface area contributed by atoms with Crippen LogP contribution < -0.4 is 15.4 Å². The fraction of sp³-hybridized carbons (Fsp3) is 0.200. The number of methoxy groups -OCH3 is 1. The zero-order valence-electron chi connectivity index (χ0n) is 11.8. The summed E-state index contributed by atoms with van der Waals surface area (Å²) in [4.78, 5) is 16.2. The topological polar surface area (TPSA) is 63.2 Å². The van der Waals surface area contributed by atoms with Gasteiger partial charge in [-0.2, -0.15) is 0 Å². The summed E-state index contributed by atoms with van der Waals surface area (Å²) >= 11 is 0. The molecule has 0 spiro atoms. The van der Waals surface area contributed by atoms with E-state index in [2.05, 4.69) is 15.6 Å². The summed E-state index contributed by atoms with van der Waals surface area (Å²) < 4.78 is 18.1. The molecule has 2 aromatic rings. The number of amides is 1. The van der Waals surface area contributed by atoms with Crippen LogP contribution in [0.2, 0.25) is 0 Å². The molecule has 2 N–H and O–H groups in total. The van der Waals surface area contributed by atoms with E-state index in [1.807, 2.05) is 6.92 Å². The van der Waals surface area contributed by atoms with Gasteiger partial charge in [0.1, 0.15) is 17.4 Å². The average molecular weight is 289 g/mol. The quantitative estimate of drug-likeness (QED) is 0.888. The number of hydrogen-bond acceptors (Lipinski definition) is 4. The minimum absolute atomic E-state index is 0.264. The van der Waals surface area contributed by atoms with E-state index in [-0.39, 0.29) is 11.7 Å². The zero-order chi connectivity index (χ0) is 15.2. The highest BCUT2D eigenvalue weighted by atomic mass is 19.1. The summed E-state index contributed by atoms with van der Waals surface area (Å²) in [5.74, 6) is 0.200. The first-order chi connectivity index (χ1) is 10.1. The van der Waals surface area contributed by atoms with Crippen molar-refractivity contribution in [3.05, 3.63) is 47.9 Å². The Kier molecular flexibility index (Phi) is 4.71. The van der Waals surface area contributed by atoms with Gasteiger partial charge in [0.05, 0.1) is 18.4 Å². The molecule has 0 aliphatic heterocycles. The molecular formula is C15H16FN3O2. The second-order valence-electron chi connectivity index (χ2n) is 4.26. The first kappa shape index (κ1) is 14.8. The van der Waals surface area contributed by atoms with E-state index in [1.165, 1.54) is 31.5 Å². The summed E-state index contributed by atoms with van der Waals surface area (Å²) in [6.07, 6.45) is 1.48. The maximum atomic E-state index is 13.1. The fourth-order valence-corrected chi connectivity index (χ4v) is 1.78. The number of benzene rings is 1. The number of ether oxygens (including phenoxy) is 1. The molecule has 0 fully saturated rings. The molecular weight excluding hydrogens is 273 g/mol. The molecule has 2 rings (SSSR count). The van der Waals surface area contributed by atoms with Crippen LogP contribution in [0, 0.1) is 5.82 Å². The number of hydrogen-bond donors (Lipinski definition) is 2. The largest absolute Gasteiger partial charge is 0.494 e. The third-order valence-corrected chi connectivity index (χ3v) is 2.80. The van der Waals surface area contributed by atoms with Crippen LogP contribution in [0.3, 0.4) is 0 Å². The van der Waals surface area contributed by atoms with Gasteiger partial charge >= 0.3 is 0 Å². The first-order valence-corrected chi connectivity index (χ1v) is 6.49. The summed E-state index contributed by atoms with van der Waals surface area (Å²) in [6, 6.07) is 7.30. The lowest BCUT2D eigenvalue weighted by Crippen LogP contribution is -2.13. The monoisotopic (exact) mass is 289 g/mol. The van der Waals surface area contributed by atoms with Crippen LogP contribution in [0.15, 0.2) is 36.5 Å². The number of rotatable bonds is 5. The highest BCUT2D eigenvalue weighted by molar-refractivity contribution is 6.04. The molecule has 6 heteroatoms. The van der Waals surface area contributed by atoms with Crippen molar-refractivity contribution >= 4 is 17.4 Å². The van der Waals surface area contributed by atoms with Crippen LogP contribution in [0.5, 0.6) is 5.75 Å². The summed E-state index contributed by atoms with van der Waals surface area (Å²) in [5, 5.41) is 5.71. The van der Waals surface area contributed by atoms with E-state index in [1.54, 1.807) is 12.1 Å². The molecule has 1 amide bonds. The standard InChI is InChI=1S/C15H16FN3O2/c1-3-17-14-7-4-10(9-18-14)15(20)19-12-6-5-11(16)8-13(12)21-2/h4-9H,3H2,1-2H3,(H,17,18)(H,19,20). The minimum atomic E-state index is -0.429. The van der Waals surface area contributed by atoms with Crippen LogP contribution in [-0.4, -0.2) is 24.5 Å². The highest BCUT2D eigenvalue weighted by Crippen LogP contribution is 2.25. The minimum Gasteiger partial charge on any atom is -0.494 e. The highest BCUT2D eigenvalue weighted by Gasteiger charge is 2.11. The number of halogens is 1. The second kappa shape index (κ2) is 6.69. The third-order valence-electron chi connectivity index (χ3n) is 2.80. The van der Waals surface area contributed by atoms with E-state index >= 15 is 0 Å². The number of carbonyl (C=O) groups is 1. The number of nitrogens with zero attached hydrogens (tertiary/aromatic N) is 1. The lowest BCUT2D eigenvalue weighted by molar-refractivity contribution is 0.102. The summed E-state index contributed by atoms with van der Waals surface area (Å²) in [7, 11) is 1.41. The molecule has 0 saturated heterocycles. The van der Waals surface area contributed by atoms with Crippen LogP contribution in [0.4, 0.5) is 15.9 Å². The van der Waals surface area contributed by atoms with Gasteiger partial charge in [-0.3, -0.25) is 4.79 Å². The molecule has 1 aromatic heterocycles. The lowest BCUT2D eigenvalue weighted by atomic mass is 10.2. The van der Waals surface area contributed by atoms with Gasteiger partial charge < -0.3 is 15.4 Å². The Hall–Kier alpha value is -2.63. The molecule has 110 valence electrons. The van der Waals surface area contributed by atoms with E-state index in [0.29, 0.717) is 17.1 Å². The van der Waals surface area contributed by atoms with Gasteiger partial charge in [-0.25, -0.2) is 9.37 Å². The Labute approximate surface area is 122 Å². The van der Waals surface area contributed by atoms with Crippen molar-refractivity contribution in [1.82, 2.24) is 4.98 Å². The maximum Gasteiger partial charge on any atom is 0.257 e. The van der Waals surface area contributed by atoms with E-state index < -0.39 is 5.82 Å². The fourth-order valence-electron chi connectivity index (χ4n) is 1.78. The van der Waals surface area contributed by atoms with Crippen molar-refractivity contribution < 1.29 is 13.9 Å². The van der Waals surface area contributed by atoms with Gasteiger partial charge in [0.25, 0.3) is 5.91 Å². The molecule has 0 aliphatic rings. The van der Waals surface area contributed by atoms with E-state index in [4.69, 9.17) is 4.74 Å². The SMILES string of the molecule is CCNc1ccc(C(=O)Nc2ccc(F)cc2OC)cn1. The lowest BCUT2D eigenvalue weighted by Gasteiger charge is -2.10. The van der Waals surface area contributed by atoms with Crippen molar-refractivity contribution in [2.45, 2.75) is 6.92 Å². The predicted octanol–water partition coefficient (Wildman–Crippen LogP) is 2.91. The Morgan fingerprint density at radius 3 is 2.76 bits per heavy atom. The van der Waals surface area contributed by atoms with Gasteiger partial charge in [0, 0.05) is 18.8 Å². The zero-order valence-corrected chi connectivity index (χ0v) is 11.8. The molecule has 0 aliphatic carbocycles. The van der Waals surface area contributed by atoms with Crippen LogP contribution in [-0.2, 0) is 0 Å². The molecule has 0 saturated carbocycles. The van der Waals surface area contributed by atoms with Gasteiger partial charge in [-0.05, 0) is 31.2 Å². The van der Waals surface area contributed by atoms with Crippen molar-refractivity contribution in [3.63, 3.8) is 0 Å². The van der Waals surface area contributed by atoms with Gasteiger partial charge in [0.15, 0.2) is 0 Å². The Balaban J connectivity index is 2.14. The summed E-state index contributed by atoms with van der Waals surface area (Å²) in [6.45, 7) is 2.72. The van der Waals surface area contributed by atoms with Crippen LogP contribution in [0.1, 0.15) is 17.3 Å². The van der Waals surface area contributed by atoms with Gasteiger partial charge in [-0.1, -0.05) is 0 Å². The molecule has 5 nitrogen and oxygen atoms in total. The molecule has 0 unspecified atom stereocenters. The normalized spacial score (nSPS) is 10.0. The molecule has 0 bridgehead atoms. The van der Waals surface area contributed by atoms with E-state index in [9.17, 15) is 9.18 Å². The second-order valence-corrected chi connectivity index (χ2v) is 4.26. The molecule has 1 heterocycles. The van der Waals surface area contributed by atoms with Crippen molar-refractivity contribution in [1.29, 1.82) is 0 Å². The Bertz CT molecular complexity index is 629. The summed E-state index contributed by atoms with van der Waals surface area (Å²) in [5.41, 5.74) is 0.808. The molecule has 21 heavy (non-hydrogen) atoms. The van der Waals surface area contributed by atoms with Crippen molar-refractivity contribution in [2.75, 3.05) is 24.3 Å². The van der Waals surface area contributed by atoms with Crippen molar-refractivity contribution in [2.24, 2.45) is 0 Å². The Morgan fingerprint density at radius 1 is 1.33 bits per heavy atom. The first-order valence-electron chi connectivity index (χ1n) is 6.49. The third kappa shape index (κ3) is 3.68. The van der Waals surface area contributed by atoms with E-state index in [0.717, 1.165) is 6.54 Å². The molecule has 0 atom stereocenters. The number of anilines is 2. The van der Waals surface area contributed by atoms with Crippen LogP contribution >= 0.6 is 0 Å². The number of carbonyl (C=O) groups excluding carboxylic acids is 1. The Morgan fingerprint density at radius 2 is 2.14 bits per heavy atom. The number of pyridine rings is 1. The van der Waals surface area contributed by atoms with Gasteiger partial charge in [-0.15, -0.1) is 0 Å². The average Bonchev–Trinajstić information content (AvgIpc) is 2.50.